The fraction of sp³-hybridized carbons (Fsp3) is 0.375. The minimum atomic E-state index is 0.189. The molecule has 0 aliphatic heterocycles. The molecular weight excluding hydrogens is 426 g/mol. The second-order valence-corrected chi connectivity index (χ2v) is 11.2. The molecule has 1 aromatic heterocycles. The maximum absolute atomic E-state index is 4.92. The van der Waals surface area contributed by atoms with Crippen molar-refractivity contribution in [3.8, 4) is 28.5 Å². The molecule has 1 fully saturated rings. The predicted molar refractivity (Wildman–Crippen MR) is 146 cm³/mol. The van der Waals surface area contributed by atoms with Crippen LogP contribution in [0.15, 0.2) is 66.7 Å². The topological polar surface area (TPSA) is 30.7 Å². The van der Waals surface area contributed by atoms with Gasteiger partial charge in [-0.15, -0.1) is 10.2 Å². The lowest BCUT2D eigenvalue weighted by Crippen LogP contribution is -2.12. The average Bonchev–Trinajstić information content (AvgIpc) is 3.25. The molecule has 1 aliphatic rings. The Labute approximate surface area is 210 Å². The van der Waals surface area contributed by atoms with Crippen molar-refractivity contribution in [2.45, 2.75) is 72.1 Å². The van der Waals surface area contributed by atoms with Gasteiger partial charge in [-0.05, 0) is 58.8 Å². The van der Waals surface area contributed by atoms with Crippen molar-refractivity contribution < 1.29 is 0 Å². The summed E-state index contributed by atoms with van der Waals surface area (Å²) in [7, 11) is 0. The Morgan fingerprint density at radius 3 is 1.83 bits per heavy atom. The second-order valence-electron chi connectivity index (χ2n) is 11.2. The summed E-state index contributed by atoms with van der Waals surface area (Å²) in [5.41, 5.74) is 8.99. The van der Waals surface area contributed by atoms with Crippen LogP contribution in [-0.2, 0) is 5.41 Å². The SMILES string of the molecule is Cc1ccccc1-c1nnc(-c2ccccc2C2(C)CC2C)n1-c1c(C(C)C)cccc1C(C)C. The van der Waals surface area contributed by atoms with Crippen LogP contribution in [0.3, 0.4) is 0 Å². The van der Waals surface area contributed by atoms with Gasteiger partial charge in [-0.1, -0.05) is 108 Å². The van der Waals surface area contributed by atoms with Crippen LogP contribution in [0.5, 0.6) is 0 Å². The molecule has 180 valence electrons. The van der Waals surface area contributed by atoms with Crippen molar-refractivity contribution >= 4 is 0 Å². The summed E-state index contributed by atoms with van der Waals surface area (Å²) in [6.07, 6.45) is 1.21. The molecule has 3 aromatic carbocycles. The van der Waals surface area contributed by atoms with E-state index in [2.05, 4.69) is 120 Å². The molecule has 1 saturated carbocycles. The maximum Gasteiger partial charge on any atom is 0.169 e. The van der Waals surface area contributed by atoms with Gasteiger partial charge in [0, 0.05) is 11.1 Å². The molecule has 0 N–H and O–H groups in total. The molecule has 0 radical (unpaired) electrons. The van der Waals surface area contributed by atoms with Crippen LogP contribution in [0.2, 0.25) is 0 Å². The quantitative estimate of drug-likeness (QED) is 0.287. The van der Waals surface area contributed by atoms with Crippen LogP contribution in [0.25, 0.3) is 28.5 Å². The van der Waals surface area contributed by atoms with Crippen molar-refractivity contribution in [3.63, 3.8) is 0 Å². The Morgan fingerprint density at radius 1 is 0.771 bits per heavy atom. The van der Waals surface area contributed by atoms with Gasteiger partial charge in [0.1, 0.15) is 0 Å². The first kappa shape index (κ1) is 23.5. The van der Waals surface area contributed by atoms with E-state index in [-0.39, 0.29) is 5.41 Å². The van der Waals surface area contributed by atoms with Crippen LogP contribution in [0.4, 0.5) is 0 Å². The van der Waals surface area contributed by atoms with Gasteiger partial charge in [-0.3, -0.25) is 4.57 Å². The second kappa shape index (κ2) is 8.78. The molecule has 0 amide bonds. The number of benzene rings is 3. The summed E-state index contributed by atoms with van der Waals surface area (Å²) in [5, 5.41) is 9.80. The molecule has 0 bridgehead atoms. The van der Waals surface area contributed by atoms with Gasteiger partial charge in [-0.25, -0.2) is 0 Å². The Morgan fingerprint density at radius 2 is 1.29 bits per heavy atom. The highest BCUT2D eigenvalue weighted by atomic mass is 15.3. The maximum atomic E-state index is 4.92. The Balaban J connectivity index is 1.88. The van der Waals surface area contributed by atoms with Crippen molar-refractivity contribution in [1.82, 2.24) is 14.8 Å². The Kier molecular flexibility index (Phi) is 5.91. The van der Waals surface area contributed by atoms with E-state index in [9.17, 15) is 0 Å². The van der Waals surface area contributed by atoms with Gasteiger partial charge < -0.3 is 0 Å². The number of nitrogens with zero attached hydrogens (tertiary/aromatic N) is 3. The highest BCUT2D eigenvalue weighted by molar-refractivity contribution is 5.73. The molecule has 3 heteroatoms. The Bertz CT molecular complexity index is 1350. The standard InChI is InChI=1S/C32H37N3/c1-20(2)24-16-12-17-25(21(3)4)29(24)35-30(26-14-9-8-13-22(26)5)33-34-31(35)27-15-10-11-18-28(27)32(7)19-23(32)6/h8-18,20-21,23H,19H2,1-7H3. The minimum absolute atomic E-state index is 0.189. The van der Waals surface area contributed by atoms with Gasteiger partial charge in [0.05, 0.1) is 5.69 Å². The highest BCUT2D eigenvalue weighted by Crippen LogP contribution is 2.56. The van der Waals surface area contributed by atoms with E-state index in [0.29, 0.717) is 17.8 Å². The van der Waals surface area contributed by atoms with Crippen molar-refractivity contribution in [2.75, 3.05) is 0 Å². The zero-order valence-electron chi connectivity index (χ0n) is 22.1. The van der Waals surface area contributed by atoms with Crippen molar-refractivity contribution in [2.24, 2.45) is 5.92 Å². The molecule has 35 heavy (non-hydrogen) atoms. The van der Waals surface area contributed by atoms with Gasteiger partial charge >= 0.3 is 0 Å². The monoisotopic (exact) mass is 463 g/mol. The van der Waals surface area contributed by atoms with Crippen molar-refractivity contribution in [3.05, 3.63) is 89.0 Å². The van der Waals surface area contributed by atoms with E-state index in [1.807, 2.05) is 0 Å². The normalized spacial score (nSPS) is 19.5. The number of para-hydroxylation sites is 1. The lowest BCUT2D eigenvalue weighted by molar-refractivity contribution is 0.702. The number of aryl methyl sites for hydroxylation is 1. The van der Waals surface area contributed by atoms with E-state index in [0.717, 1.165) is 17.2 Å². The lowest BCUT2D eigenvalue weighted by Gasteiger charge is -2.24. The van der Waals surface area contributed by atoms with Gasteiger partial charge in [-0.2, -0.15) is 0 Å². The molecule has 5 rings (SSSR count). The van der Waals surface area contributed by atoms with E-state index < -0.39 is 0 Å². The molecule has 0 saturated heterocycles. The Hall–Kier alpha value is -3.20. The van der Waals surface area contributed by atoms with E-state index >= 15 is 0 Å². The average molecular weight is 464 g/mol. The number of rotatable bonds is 6. The molecule has 2 unspecified atom stereocenters. The van der Waals surface area contributed by atoms with Crippen LogP contribution in [0, 0.1) is 12.8 Å². The number of hydrogen-bond acceptors (Lipinski definition) is 2. The molecule has 4 aromatic rings. The fourth-order valence-electron chi connectivity index (χ4n) is 5.57. The molecule has 2 atom stereocenters. The first-order chi connectivity index (χ1) is 16.7. The van der Waals surface area contributed by atoms with E-state index in [4.69, 9.17) is 10.2 Å². The minimum Gasteiger partial charge on any atom is -0.274 e. The fourth-order valence-corrected chi connectivity index (χ4v) is 5.57. The third kappa shape index (κ3) is 3.91. The smallest absolute Gasteiger partial charge is 0.169 e. The third-order valence-corrected chi connectivity index (χ3v) is 8.06. The summed E-state index contributed by atoms with van der Waals surface area (Å²) >= 11 is 0. The molecule has 0 spiro atoms. The van der Waals surface area contributed by atoms with Gasteiger partial charge in [0.2, 0.25) is 0 Å². The van der Waals surface area contributed by atoms with Crippen molar-refractivity contribution in [1.29, 1.82) is 0 Å². The predicted octanol–water partition coefficient (Wildman–Crippen LogP) is 8.45. The largest absolute Gasteiger partial charge is 0.274 e. The lowest BCUT2D eigenvalue weighted by atomic mass is 9.89. The molecule has 3 nitrogen and oxygen atoms in total. The summed E-state index contributed by atoms with van der Waals surface area (Å²) in [5.74, 6) is 3.27. The number of hydrogen-bond donors (Lipinski definition) is 0. The van der Waals surface area contributed by atoms with Gasteiger partial charge in [0.25, 0.3) is 0 Å². The third-order valence-electron chi connectivity index (χ3n) is 8.06. The number of aromatic nitrogens is 3. The van der Waals surface area contributed by atoms with E-state index in [1.54, 1.807) is 0 Å². The molecule has 1 heterocycles. The zero-order valence-corrected chi connectivity index (χ0v) is 22.1. The summed E-state index contributed by atoms with van der Waals surface area (Å²) in [6.45, 7) is 16.0. The van der Waals surface area contributed by atoms with Crippen LogP contribution in [0.1, 0.15) is 82.1 Å². The van der Waals surface area contributed by atoms with E-state index in [1.165, 1.54) is 39.9 Å². The van der Waals surface area contributed by atoms with Crippen LogP contribution in [-0.4, -0.2) is 14.8 Å². The molecule has 1 aliphatic carbocycles. The highest BCUT2D eigenvalue weighted by Gasteiger charge is 2.49. The van der Waals surface area contributed by atoms with Crippen LogP contribution >= 0.6 is 0 Å². The summed E-state index contributed by atoms with van der Waals surface area (Å²) in [4.78, 5) is 0. The van der Waals surface area contributed by atoms with Crippen LogP contribution < -0.4 is 0 Å². The summed E-state index contributed by atoms with van der Waals surface area (Å²) in [6, 6.07) is 24.1. The molecular formula is C32H37N3. The first-order valence-electron chi connectivity index (χ1n) is 13.0. The zero-order chi connectivity index (χ0) is 24.9. The first-order valence-corrected chi connectivity index (χ1v) is 13.0. The summed E-state index contributed by atoms with van der Waals surface area (Å²) < 4.78 is 2.36. The van der Waals surface area contributed by atoms with Gasteiger partial charge in [0.15, 0.2) is 11.6 Å².